The van der Waals surface area contributed by atoms with Gasteiger partial charge in [-0.25, -0.2) is 4.72 Å². The van der Waals surface area contributed by atoms with Crippen LogP contribution in [0.1, 0.15) is 12.8 Å². The summed E-state index contributed by atoms with van der Waals surface area (Å²) in [5.74, 6) is 0. The van der Waals surface area contributed by atoms with E-state index in [4.69, 9.17) is 4.74 Å². The lowest BCUT2D eigenvalue weighted by molar-refractivity contribution is 0.0390. The van der Waals surface area contributed by atoms with E-state index in [2.05, 4.69) is 9.62 Å². The molecule has 0 spiro atoms. The second-order valence-corrected chi connectivity index (χ2v) is 6.21. The van der Waals surface area contributed by atoms with Crippen LogP contribution < -0.4 is 4.72 Å². The first-order valence-corrected chi connectivity index (χ1v) is 7.67. The average molecular weight is 263 g/mol. The van der Waals surface area contributed by atoms with Gasteiger partial charge in [0, 0.05) is 39.3 Å². The highest BCUT2D eigenvalue weighted by molar-refractivity contribution is 7.87. The number of rotatable bonds is 5. The zero-order valence-corrected chi connectivity index (χ0v) is 10.9. The summed E-state index contributed by atoms with van der Waals surface area (Å²) < 4.78 is 33.1. The largest absolute Gasteiger partial charge is 0.379 e. The van der Waals surface area contributed by atoms with Crippen molar-refractivity contribution < 1.29 is 13.2 Å². The lowest BCUT2D eigenvalue weighted by Gasteiger charge is -2.26. The molecule has 6 nitrogen and oxygen atoms in total. The molecule has 0 aromatic heterocycles. The van der Waals surface area contributed by atoms with Gasteiger partial charge in [-0.15, -0.1) is 0 Å². The number of ether oxygens (including phenoxy) is 1. The highest BCUT2D eigenvalue weighted by Gasteiger charge is 2.24. The number of hydrogen-bond donors (Lipinski definition) is 1. The van der Waals surface area contributed by atoms with E-state index in [1.165, 1.54) is 4.31 Å². The van der Waals surface area contributed by atoms with E-state index in [-0.39, 0.29) is 0 Å². The Morgan fingerprint density at radius 3 is 2.35 bits per heavy atom. The molecule has 1 N–H and O–H groups in total. The van der Waals surface area contributed by atoms with Crippen molar-refractivity contribution in [3.05, 3.63) is 0 Å². The molecule has 0 radical (unpaired) electrons. The van der Waals surface area contributed by atoms with Gasteiger partial charge in [0.15, 0.2) is 0 Å². The molecule has 2 aliphatic heterocycles. The van der Waals surface area contributed by atoms with E-state index in [0.29, 0.717) is 19.6 Å². The summed E-state index contributed by atoms with van der Waals surface area (Å²) in [5, 5.41) is 0. The van der Waals surface area contributed by atoms with Crippen LogP contribution in [0, 0.1) is 0 Å². The summed E-state index contributed by atoms with van der Waals surface area (Å²) in [6, 6.07) is 0. The minimum absolute atomic E-state index is 0.485. The van der Waals surface area contributed by atoms with Gasteiger partial charge in [0.25, 0.3) is 10.2 Å². The van der Waals surface area contributed by atoms with E-state index in [0.717, 1.165) is 45.7 Å². The Kier molecular flexibility index (Phi) is 4.75. The quantitative estimate of drug-likeness (QED) is 0.709. The Labute approximate surface area is 103 Å². The third-order valence-electron chi connectivity index (χ3n) is 3.22. The summed E-state index contributed by atoms with van der Waals surface area (Å²) >= 11 is 0. The topological polar surface area (TPSA) is 61.9 Å². The Hall–Kier alpha value is -0.210. The molecule has 7 heteroatoms. The first kappa shape index (κ1) is 13.2. The maximum atomic E-state index is 11.8. The van der Waals surface area contributed by atoms with Crippen LogP contribution in [0.3, 0.4) is 0 Å². The van der Waals surface area contributed by atoms with E-state index in [1.807, 2.05) is 0 Å². The highest BCUT2D eigenvalue weighted by Crippen LogP contribution is 2.10. The minimum atomic E-state index is -3.24. The van der Waals surface area contributed by atoms with Crippen LogP contribution in [0.4, 0.5) is 0 Å². The van der Waals surface area contributed by atoms with E-state index >= 15 is 0 Å². The van der Waals surface area contributed by atoms with E-state index in [1.54, 1.807) is 0 Å². The maximum Gasteiger partial charge on any atom is 0.279 e. The third kappa shape index (κ3) is 3.89. The fourth-order valence-electron chi connectivity index (χ4n) is 2.18. The van der Waals surface area contributed by atoms with Gasteiger partial charge in [-0.3, -0.25) is 4.90 Å². The van der Waals surface area contributed by atoms with Crippen LogP contribution in [0.5, 0.6) is 0 Å². The SMILES string of the molecule is O=S(=O)(NCCN1CCOCC1)N1CCCC1. The van der Waals surface area contributed by atoms with Crippen LogP contribution in [-0.2, 0) is 14.9 Å². The van der Waals surface area contributed by atoms with Gasteiger partial charge in [-0.2, -0.15) is 12.7 Å². The summed E-state index contributed by atoms with van der Waals surface area (Å²) in [4.78, 5) is 2.22. The normalized spacial score (nSPS) is 24.2. The van der Waals surface area contributed by atoms with Crippen molar-refractivity contribution in [1.29, 1.82) is 0 Å². The van der Waals surface area contributed by atoms with Crippen LogP contribution in [0.2, 0.25) is 0 Å². The van der Waals surface area contributed by atoms with Gasteiger partial charge in [0.05, 0.1) is 13.2 Å². The third-order valence-corrected chi connectivity index (χ3v) is 4.84. The van der Waals surface area contributed by atoms with Gasteiger partial charge in [0.2, 0.25) is 0 Å². The molecule has 0 atom stereocenters. The minimum Gasteiger partial charge on any atom is -0.379 e. The first-order valence-electron chi connectivity index (χ1n) is 6.23. The van der Waals surface area contributed by atoms with Crippen molar-refractivity contribution in [2.24, 2.45) is 0 Å². The fourth-order valence-corrected chi connectivity index (χ4v) is 3.45. The fraction of sp³-hybridized carbons (Fsp3) is 1.00. The summed E-state index contributed by atoms with van der Waals surface area (Å²) in [7, 11) is -3.24. The number of nitrogens with one attached hydrogen (secondary N) is 1. The second-order valence-electron chi connectivity index (χ2n) is 4.46. The molecule has 2 rings (SSSR count). The monoisotopic (exact) mass is 263 g/mol. The van der Waals surface area contributed by atoms with Crippen molar-refractivity contribution in [2.75, 3.05) is 52.5 Å². The Bertz CT molecular complexity index is 322. The van der Waals surface area contributed by atoms with Gasteiger partial charge in [0.1, 0.15) is 0 Å². The van der Waals surface area contributed by atoms with Crippen LogP contribution in [0.25, 0.3) is 0 Å². The van der Waals surface area contributed by atoms with Crippen LogP contribution >= 0.6 is 0 Å². The lowest BCUT2D eigenvalue weighted by atomic mass is 10.4. The molecule has 17 heavy (non-hydrogen) atoms. The smallest absolute Gasteiger partial charge is 0.279 e. The zero-order chi connectivity index (χ0) is 12.1. The van der Waals surface area contributed by atoms with Crippen molar-refractivity contribution in [1.82, 2.24) is 13.9 Å². The molecular formula is C10H21N3O3S. The number of nitrogens with zero attached hydrogens (tertiary/aromatic N) is 2. The predicted octanol–water partition coefficient (Wildman–Crippen LogP) is -0.751. The van der Waals surface area contributed by atoms with Gasteiger partial charge in [-0.05, 0) is 12.8 Å². The summed E-state index contributed by atoms with van der Waals surface area (Å²) in [6.07, 6.45) is 1.95. The molecule has 2 fully saturated rings. The maximum absolute atomic E-state index is 11.8. The molecule has 0 bridgehead atoms. The number of morpholine rings is 1. The molecule has 0 aromatic carbocycles. The predicted molar refractivity (Wildman–Crippen MR) is 65.0 cm³/mol. The van der Waals surface area contributed by atoms with Crippen molar-refractivity contribution in [3.8, 4) is 0 Å². The van der Waals surface area contributed by atoms with Crippen LogP contribution in [-0.4, -0.2) is 70.1 Å². The van der Waals surface area contributed by atoms with Crippen molar-refractivity contribution in [2.45, 2.75) is 12.8 Å². The first-order chi connectivity index (χ1) is 8.18. The average Bonchev–Trinajstić information content (AvgIpc) is 2.84. The standard InChI is InChI=1S/C10H21N3O3S/c14-17(15,13-4-1-2-5-13)11-3-6-12-7-9-16-10-8-12/h11H,1-10H2. The summed E-state index contributed by atoms with van der Waals surface area (Å²) in [6.45, 7) is 5.85. The molecule has 2 saturated heterocycles. The Morgan fingerprint density at radius 2 is 1.71 bits per heavy atom. The summed E-state index contributed by atoms with van der Waals surface area (Å²) in [5.41, 5.74) is 0. The highest BCUT2D eigenvalue weighted by atomic mass is 32.2. The number of hydrogen-bond acceptors (Lipinski definition) is 4. The second kappa shape index (κ2) is 6.10. The molecule has 2 aliphatic rings. The van der Waals surface area contributed by atoms with Gasteiger partial charge in [-0.1, -0.05) is 0 Å². The van der Waals surface area contributed by atoms with Gasteiger partial charge >= 0.3 is 0 Å². The molecule has 0 aromatic rings. The zero-order valence-electron chi connectivity index (χ0n) is 10.1. The molecule has 0 saturated carbocycles. The Balaban J connectivity index is 1.69. The van der Waals surface area contributed by atoms with Crippen molar-refractivity contribution in [3.63, 3.8) is 0 Å². The van der Waals surface area contributed by atoms with Crippen LogP contribution in [0.15, 0.2) is 0 Å². The molecule has 0 unspecified atom stereocenters. The molecular weight excluding hydrogens is 242 g/mol. The molecule has 0 amide bonds. The Morgan fingerprint density at radius 1 is 1.06 bits per heavy atom. The van der Waals surface area contributed by atoms with E-state index < -0.39 is 10.2 Å². The van der Waals surface area contributed by atoms with Gasteiger partial charge < -0.3 is 4.74 Å². The van der Waals surface area contributed by atoms with E-state index in [9.17, 15) is 8.42 Å². The molecule has 0 aliphatic carbocycles. The van der Waals surface area contributed by atoms with Crippen molar-refractivity contribution >= 4 is 10.2 Å². The molecule has 100 valence electrons. The lowest BCUT2D eigenvalue weighted by Crippen LogP contribution is -2.44. The molecule has 2 heterocycles.